The molecule has 1 unspecified atom stereocenters. The lowest BCUT2D eigenvalue weighted by atomic mass is 10.00. The summed E-state index contributed by atoms with van der Waals surface area (Å²) in [6, 6.07) is 17.7. The number of hydrogen-bond donors (Lipinski definition) is 2. The van der Waals surface area contributed by atoms with Crippen LogP contribution in [-0.2, 0) is 17.7 Å². The van der Waals surface area contributed by atoms with Gasteiger partial charge in [-0.3, -0.25) is 0 Å². The fraction of sp³-hybridized carbons (Fsp3) is 0.448. The van der Waals surface area contributed by atoms with Crippen LogP contribution in [0, 0.1) is 6.92 Å². The lowest BCUT2D eigenvalue weighted by Crippen LogP contribution is -2.35. The molecule has 3 aliphatic rings. The second kappa shape index (κ2) is 9.96. The van der Waals surface area contributed by atoms with Crippen molar-refractivity contribution in [3.8, 4) is 11.3 Å². The minimum atomic E-state index is -0.142. The molecule has 188 valence electrons. The molecule has 1 saturated heterocycles. The summed E-state index contributed by atoms with van der Waals surface area (Å²) in [5, 5.41) is 7.33. The van der Waals surface area contributed by atoms with Crippen LogP contribution in [0.3, 0.4) is 0 Å². The number of aryl methyl sites for hydroxylation is 1. The number of nitrogens with one attached hydrogen (secondary N) is 2. The molecule has 2 aromatic carbocycles. The van der Waals surface area contributed by atoms with Crippen molar-refractivity contribution in [2.45, 2.75) is 63.8 Å². The fourth-order valence-corrected chi connectivity index (χ4v) is 5.72. The number of imidazole rings is 1. The largest absolute Gasteiger partial charge is 0.362 e. The van der Waals surface area contributed by atoms with Gasteiger partial charge >= 0.3 is 0 Å². The summed E-state index contributed by atoms with van der Waals surface area (Å²) in [5.74, 6) is 1.03. The lowest BCUT2D eigenvalue weighted by Gasteiger charge is -2.32. The number of thiocarbonyl (C=S) groups is 1. The van der Waals surface area contributed by atoms with Crippen molar-refractivity contribution in [2.75, 3.05) is 25.5 Å². The summed E-state index contributed by atoms with van der Waals surface area (Å²) in [6.45, 7) is 5.27. The van der Waals surface area contributed by atoms with Crippen LogP contribution >= 0.6 is 12.2 Å². The molecule has 0 spiro atoms. The first kappa shape index (κ1) is 23.6. The third kappa shape index (κ3) is 4.92. The molecule has 1 atom stereocenters. The quantitative estimate of drug-likeness (QED) is 0.477. The normalized spacial score (nSPS) is 20.3. The maximum atomic E-state index is 6.88. The van der Waals surface area contributed by atoms with Gasteiger partial charge in [0.05, 0.1) is 11.8 Å². The molecule has 0 radical (unpaired) electrons. The third-order valence-electron chi connectivity index (χ3n) is 7.75. The van der Waals surface area contributed by atoms with Crippen LogP contribution in [0.25, 0.3) is 11.3 Å². The van der Waals surface area contributed by atoms with Gasteiger partial charge in [0.1, 0.15) is 11.9 Å². The number of benzene rings is 2. The second-order valence-electron chi connectivity index (χ2n) is 10.5. The first-order valence-corrected chi connectivity index (χ1v) is 13.6. The van der Waals surface area contributed by atoms with E-state index in [1.54, 1.807) is 0 Å². The van der Waals surface area contributed by atoms with Gasteiger partial charge in [-0.25, -0.2) is 4.98 Å². The second-order valence-corrected chi connectivity index (χ2v) is 10.9. The van der Waals surface area contributed by atoms with Gasteiger partial charge in [-0.1, -0.05) is 36.4 Å². The molecular weight excluding hydrogens is 466 g/mol. The van der Waals surface area contributed by atoms with Crippen LogP contribution in [0.1, 0.15) is 54.4 Å². The van der Waals surface area contributed by atoms with E-state index in [4.69, 9.17) is 21.9 Å². The molecule has 3 heterocycles. The van der Waals surface area contributed by atoms with Gasteiger partial charge in [0, 0.05) is 42.6 Å². The molecule has 36 heavy (non-hydrogen) atoms. The van der Waals surface area contributed by atoms with Gasteiger partial charge in [0.2, 0.25) is 0 Å². The molecule has 0 amide bonds. The van der Waals surface area contributed by atoms with Gasteiger partial charge in [0.25, 0.3) is 0 Å². The molecule has 7 heteroatoms. The number of ether oxygens (including phenoxy) is 1. The Kier molecular flexibility index (Phi) is 6.54. The molecule has 1 aliphatic carbocycles. The zero-order chi connectivity index (χ0) is 24.6. The van der Waals surface area contributed by atoms with Crippen LogP contribution in [0.5, 0.6) is 0 Å². The van der Waals surface area contributed by atoms with Crippen LogP contribution in [0.4, 0.5) is 5.69 Å². The van der Waals surface area contributed by atoms with Crippen molar-refractivity contribution < 1.29 is 4.74 Å². The number of nitrogens with zero attached hydrogens (tertiary/aromatic N) is 3. The van der Waals surface area contributed by atoms with Crippen molar-refractivity contribution in [3.05, 3.63) is 71.2 Å². The smallest absolute Gasteiger partial charge is 0.170 e. The molecule has 1 aromatic heterocycles. The van der Waals surface area contributed by atoms with E-state index in [2.05, 4.69) is 82.6 Å². The summed E-state index contributed by atoms with van der Waals surface area (Å²) in [6.07, 6.45) is 5.64. The number of hydrogen-bond acceptors (Lipinski definition) is 4. The molecular formula is C29H35N5OS. The first-order chi connectivity index (χ1) is 17.5. The highest BCUT2D eigenvalue weighted by Gasteiger charge is 2.32. The fourth-order valence-electron chi connectivity index (χ4n) is 5.44. The van der Waals surface area contributed by atoms with Gasteiger partial charge in [0.15, 0.2) is 5.11 Å². The minimum Gasteiger partial charge on any atom is -0.362 e. The Labute approximate surface area is 219 Å². The SMILES string of the molecule is Cc1c(-c2ccc(NC(=S)NC3CC3)cc2)nc2n1CCc1ccccc1C2OC1CCN(C)CC1. The predicted octanol–water partition coefficient (Wildman–Crippen LogP) is 5.06. The molecule has 2 N–H and O–H groups in total. The monoisotopic (exact) mass is 501 g/mol. The van der Waals surface area contributed by atoms with Crippen molar-refractivity contribution in [1.82, 2.24) is 19.8 Å². The highest BCUT2D eigenvalue weighted by atomic mass is 32.1. The van der Waals surface area contributed by atoms with E-state index >= 15 is 0 Å². The van der Waals surface area contributed by atoms with E-state index in [0.717, 1.165) is 61.7 Å². The minimum absolute atomic E-state index is 0.142. The van der Waals surface area contributed by atoms with Crippen molar-refractivity contribution >= 4 is 23.0 Å². The number of anilines is 1. The standard InChI is InChI=1S/C29H35N5OS/c1-19-26(21-7-9-22(10-8-21)30-29(36)31-23-11-12-23)32-28-27(35-24-14-16-33(2)17-15-24)25-6-4-3-5-20(25)13-18-34(19)28/h3-10,23-24,27H,11-18H2,1-2H3,(H2,30,31,36). The van der Waals surface area contributed by atoms with E-state index in [-0.39, 0.29) is 12.2 Å². The van der Waals surface area contributed by atoms with E-state index in [1.165, 1.54) is 29.7 Å². The number of piperidine rings is 1. The molecule has 2 aliphatic heterocycles. The third-order valence-corrected chi connectivity index (χ3v) is 7.97. The van der Waals surface area contributed by atoms with Crippen molar-refractivity contribution in [2.24, 2.45) is 0 Å². The van der Waals surface area contributed by atoms with E-state index < -0.39 is 0 Å². The van der Waals surface area contributed by atoms with Gasteiger partial charge in [-0.15, -0.1) is 0 Å². The van der Waals surface area contributed by atoms with Crippen LogP contribution < -0.4 is 10.6 Å². The highest BCUT2D eigenvalue weighted by Crippen LogP contribution is 2.37. The molecule has 1 saturated carbocycles. The molecule has 2 fully saturated rings. The molecule has 6 nitrogen and oxygen atoms in total. The van der Waals surface area contributed by atoms with Gasteiger partial charge < -0.3 is 24.8 Å². The number of likely N-dealkylation sites (tertiary alicyclic amines) is 1. The van der Waals surface area contributed by atoms with E-state index in [9.17, 15) is 0 Å². The Morgan fingerprint density at radius 2 is 1.75 bits per heavy atom. The first-order valence-electron chi connectivity index (χ1n) is 13.2. The average Bonchev–Trinajstić information content (AvgIpc) is 3.66. The highest BCUT2D eigenvalue weighted by molar-refractivity contribution is 7.80. The van der Waals surface area contributed by atoms with Gasteiger partial charge in [-0.05, 0) is 81.6 Å². The zero-order valence-corrected chi connectivity index (χ0v) is 22.0. The predicted molar refractivity (Wildman–Crippen MR) is 148 cm³/mol. The summed E-state index contributed by atoms with van der Waals surface area (Å²) in [7, 11) is 2.19. The number of fused-ring (bicyclic) bond motifs is 2. The van der Waals surface area contributed by atoms with Crippen LogP contribution in [0.15, 0.2) is 48.5 Å². The van der Waals surface area contributed by atoms with Crippen molar-refractivity contribution in [3.63, 3.8) is 0 Å². The summed E-state index contributed by atoms with van der Waals surface area (Å²) < 4.78 is 9.26. The summed E-state index contributed by atoms with van der Waals surface area (Å²) >= 11 is 5.44. The van der Waals surface area contributed by atoms with Gasteiger partial charge in [-0.2, -0.15) is 0 Å². The Morgan fingerprint density at radius 1 is 1.00 bits per heavy atom. The topological polar surface area (TPSA) is 54.4 Å². The van der Waals surface area contributed by atoms with Crippen LogP contribution in [-0.4, -0.2) is 51.8 Å². The Morgan fingerprint density at radius 3 is 2.50 bits per heavy atom. The Balaban J connectivity index is 1.29. The van der Waals surface area contributed by atoms with E-state index in [1.807, 2.05) is 0 Å². The zero-order valence-electron chi connectivity index (χ0n) is 21.2. The van der Waals surface area contributed by atoms with Crippen molar-refractivity contribution in [1.29, 1.82) is 0 Å². The summed E-state index contributed by atoms with van der Waals surface area (Å²) in [4.78, 5) is 7.63. The summed E-state index contributed by atoms with van der Waals surface area (Å²) in [5.41, 5.74) is 6.97. The molecule has 6 rings (SSSR count). The molecule has 0 bridgehead atoms. The number of rotatable bonds is 5. The van der Waals surface area contributed by atoms with E-state index in [0.29, 0.717) is 11.2 Å². The number of aromatic nitrogens is 2. The Bertz CT molecular complexity index is 1240. The average molecular weight is 502 g/mol. The maximum absolute atomic E-state index is 6.88. The maximum Gasteiger partial charge on any atom is 0.170 e. The van der Waals surface area contributed by atoms with Crippen LogP contribution in [0.2, 0.25) is 0 Å². The molecule has 3 aromatic rings. The Hall–Kier alpha value is -2.74. The lowest BCUT2D eigenvalue weighted by molar-refractivity contribution is -0.0276.